The lowest BCUT2D eigenvalue weighted by Crippen LogP contribution is -2.38. The Morgan fingerprint density at radius 1 is 1.03 bits per heavy atom. The van der Waals surface area contributed by atoms with Crippen molar-refractivity contribution in [2.75, 3.05) is 23.1 Å². The summed E-state index contributed by atoms with van der Waals surface area (Å²) in [7, 11) is -3.30. The molecule has 1 heterocycles. The third kappa shape index (κ3) is 4.90. The topological polar surface area (TPSA) is 66.5 Å². The number of benzene rings is 3. The van der Waals surface area contributed by atoms with Gasteiger partial charge in [-0.25, -0.2) is 8.42 Å². The zero-order valence-electron chi connectivity index (χ0n) is 17.8. The molecule has 1 fully saturated rings. The van der Waals surface area contributed by atoms with Crippen LogP contribution in [0.5, 0.6) is 0 Å². The van der Waals surface area contributed by atoms with Gasteiger partial charge < -0.3 is 5.32 Å². The average molecular weight is 437 g/mol. The van der Waals surface area contributed by atoms with Gasteiger partial charge in [0.25, 0.3) is 5.91 Å². The second kappa shape index (κ2) is 9.10. The van der Waals surface area contributed by atoms with Crippen LogP contribution >= 0.6 is 0 Å². The number of nitrogens with zero attached hydrogens (tertiary/aromatic N) is 1. The molecule has 1 unspecified atom stereocenters. The molecule has 5 nitrogen and oxygen atoms in total. The van der Waals surface area contributed by atoms with E-state index in [0.29, 0.717) is 30.8 Å². The van der Waals surface area contributed by atoms with E-state index in [2.05, 4.69) is 42.6 Å². The number of fused-ring (bicyclic) bond motifs is 1. The lowest BCUT2D eigenvalue weighted by atomic mass is 9.96. The van der Waals surface area contributed by atoms with Crippen molar-refractivity contribution < 1.29 is 13.2 Å². The van der Waals surface area contributed by atoms with Crippen molar-refractivity contribution in [3.05, 3.63) is 77.9 Å². The number of nitrogens with one attached hydrogen (secondary N) is 1. The first-order valence-electron chi connectivity index (χ1n) is 10.8. The summed E-state index contributed by atoms with van der Waals surface area (Å²) in [5.74, 6) is 0.246. The third-order valence-electron chi connectivity index (χ3n) is 5.80. The van der Waals surface area contributed by atoms with Gasteiger partial charge in [-0.1, -0.05) is 55.5 Å². The van der Waals surface area contributed by atoms with Crippen LogP contribution in [0.1, 0.15) is 35.7 Å². The van der Waals surface area contributed by atoms with Crippen LogP contribution in [0.3, 0.4) is 0 Å². The number of sulfonamides is 1. The van der Waals surface area contributed by atoms with Gasteiger partial charge in [0.15, 0.2) is 0 Å². The number of amides is 1. The van der Waals surface area contributed by atoms with Gasteiger partial charge >= 0.3 is 0 Å². The monoisotopic (exact) mass is 436 g/mol. The summed E-state index contributed by atoms with van der Waals surface area (Å²) in [4.78, 5) is 12.7. The Kier molecular flexibility index (Phi) is 6.28. The van der Waals surface area contributed by atoms with E-state index in [4.69, 9.17) is 0 Å². The molecule has 1 N–H and O–H groups in total. The second-order valence-electron chi connectivity index (χ2n) is 8.30. The second-order valence-corrected chi connectivity index (χ2v) is 10.3. The van der Waals surface area contributed by atoms with Gasteiger partial charge in [0.1, 0.15) is 0 Å². The first-order chi connectivity index (χ1) is 14.9. The molecule has 0 aliphatic carbocycles. The summed E-state index contributed by atoms with van der Waals surface area (Å²) in [5.41, 5.74) is 2.32. The number of rotatable bonds is 6. The van der Waals surface area contributed by atoms with Crippen LogP contribution < -0.4 is 9.62 Å². The molecule has 1 amide bonds. The first-order valence-corrected chi connectivity index (χ1v) is 12.4. The summed E-state index contributed by atoms with van der Waals surface area (Å²) in [6.45, 7) is 3.14. The Labute approximate surface area is 184 Å². The molecule has 162 valence electrons. The molecular formula is C25H28N2O3S. The smallest absolute Gasteiger partial charge is 0.251 e. The van der Waals surface area contributed by atoms with E-state index in [-0.39, 0.29) is 17.6 Å². The molecule has 0 aromatic heterocycles. The molecule has 0 bridgehead atoms. The van der Waals surface area contributed by atoms with E-state index in [1.165, 1.54) is 20.6 Å². The van der Waals surface area contributed by atoms with Crippen molar-refractivity contribution in [2.24, 2.45) is 5.92 Å². The van der Waals surface area contributed by atoms with Crippen LogP contribution in [0.4, 0.5) is 5.69 Å². The highest BCUT2D eigenvalue weighted by atomic mass is 32.2. The fourth-order valence-corrected chi connectivity index (χ4v) is 5.80. The Balaban J connectivity index is 1.41. The summed E-state index contributed by atoms with van der Waals surface area (Å²) >= 11 is 0. The summed E-state index contributed by atoms with van der Waals surface area (Å²) < 4.78 is 26.2. The van der Waals surface area contributed by atoms with Crippen molar-refractivity contribution in [1.29, 1.82) is 0 Å². The van der Waals surface area contributed by atoms with E-state index < -0.39 is 10.0 Å². The third-order valence-corrected chi connectivity index (χ3v) is 7.67. The number of carbonyl (C=O) groups is 1. The molecule has 0 radical (unpaired) electrons. The minimum atomic E-state index is -3.30. The molecule has 0 saturated carbocycles. The van der Waals surface area contributed by atoms with E-state index in [9.17, 15) is 13.2 Å². The minimum Gasteiger partial charge on any atom is -0.352 e. The number of anilines is 1. The van der Waals surface area contributed by atoms with Gasteiger partial charge in [-0.3, -0.25) is 9.10 Å². The van der Waals surface area contributed by atoms with E-state index >= 15 is 0 Å². The Bertz CT molecular complexity index is 1180. The van der Waals surface area contributed by atoms with Gasteiger partial charge in [0.05, 0.1) is 11.4 Å². The van der Waals surface area contributed by atoms with Crippen LogP contribution in [0.25, 0.3) is 10.8 Å². The van der Waals surface area contributed by atoms with E-state index in [1.54, 1.807) is 24.3 Å². The van der Waals surface area contributed by atoms with Crippen LogP contribution in [0.2, 0.25) is 0 Å². The summed E-state index contributed by atoms with van der Waals surface area (Å²) in [5, 5.41) is 5.48. The maximum absolute atomic E-state index is 12.7. The first kappa shape index (κ1) is 21.4. The van der Waals surface area contributed by atoms with Gasteiger partial charge in [-0.2, -0.15) is 0 Å². The zero-order chi connectivity index (χ0) is 21.8. The molecule has 3 aromatic carbocycles. The van der Waals surface area contributed by atoms with Gasteiger partial charge in [0, 0.05) is 18.7 Å². The van der Waals surface area contributed by atoms with Gasteiger partial charge in [0.2, 0.25) is 10.0 Å². The number of hydrogen-bond acceptors (Lipinski definition) is 3. The van der Waals surface area contributed by atoms with Crippen LogP contribution in [-0.4, -0.2) is 33.2 Å². The quantitative estimate of drug-likeness (QED) is 0.624. The molecule has 1 aliphatic heterocycles. The average Bonchev–Trinajstić information content (AvgIpc) is 2.77. The van der Waals surface area contributed by atoms with Crippen LogP contribution in [0, 0.1) is 5.92 Å². The predicted octanol–water partition coefficient (Wildman–Crippen LogP) is 4.38. The Morgan fingerprint density at radius 2 is 1.81 bits per heavy atom. The largest absolute Gasteiger partial charge is 0.352 e. The molecule has 1 aliphatic rings. The summed E-state index contributed by atoms with van der Waals surface area (Å²) in [6, 6.07) is 21.6. The predicted molar refractivity (Wildman–Crippen MR) is 126 cm³/mol. The van der Waals surface area contributed by atoms with Crippen molar-refractivity contribution in [3.8, 4) is 0 Å². The lowest BCUT2D eigenvalue weighted by molar-refractivity contribution is 0.0948. The molecule has 4 rings (SSSR count). The summed E-state index contributed by atoms with van der Waals surface area (Å²) in [6.07, 6.45) is 2.39. The van der Waals surface area contributed by atoms with E-state index in [1.807, 2.05) is 12.1 Å². The highest BCUT2D eigenvalue weighted by Gasteiger charge is 2.26. The molecular weight excluding hydrogens is 408 g/mol. The fraction of sp³-hybridized carbons (Fsp3) is 0.320. The highest BCUT2D eigenvalue weighted by Crippen LogP contribution is 2.25. The van der Waals surface area contributed by atoms with Crippen molar-refractivity contribution >= 4 is 32.4 Å². The zero-order valence-corrected chi connectivity index (χ0v) is 18.6. The standard InChI is InChI=1S/C25H28N2O3S/c1-19(16-21-10-6-9-20-8-2-3-13-24(20)21)18-26-25(28)22-11-7-12-23(17-22)27-14-4-5-15-31(27,29)30/h2-3,6-13,17,19H,4-5,14-16,18H2,1H3,(H,26,28). The van der Waals surface area contributed by atoms with Gasteiger partial charge in [-0.15, -0.1) is 0 Å². The van der Waals surface area contributed by atoms with Crippen molar-refractivity contribution in [3.63, 3.8) is 0 Å². The molecule has 6 heteroatoms. The maximum atomic E-state index is 12.7. The van der Waals surface area contributed by atoms with Crippen molar-refractivity contribution in [2.45, 2.75) is 26.2 Å². The maximum Gasteiger partial charge on any atom is 0.251 e. The normalized spacial score (nSPS) is 16.7. The fourth-order valence-electron chi connectivity index (χ4n) is 4.17. The SMILES string of the molecule is CC(CNC(=O)c1cccc(N2CCCCS2(=O)=O)c1)Cc1cccc2ccccc12. The molecule has 1 saturated heterocycles. The van der Waals surface area contributed by atoms with Crippen molar-refractivity contribution in [1.82, 2.24) is 5.32 Å². The number of carbonyl (C=O) groups excluding carboxylic acids is 1. The molecule has 3 aromatic rings. The molecule has 31 heavy (non-hydrogen) atoms. The van der Waals surface area contributed by atoms with Crippen LogP contribution in [0.15, 0.2) is 66.7 Å². The molecule has 1 atom stereocenters. The highest BCUT2D eigenvalue weighted by molar-refractivity contribution is 7.92. The minimum absolute atomic E-state index is 0.162. The van der Waals surface area contributed by atoms with Gasteiger partial charge in [-0.05, 0) is 59.7 Å². The Morgan fingerprint density at radius 3 is 2.65 bits per heavy atom. The van der Waals surface area contributed by atoms with Crippen LogP contribution in [-0.2, 0) is 16.4 Å². The van der Waals surface area contributed by atoms with E-state index in [0.717, 1.165) is 12.8 Å². The number of hydrogen-bond donors (Lipinski definition) is 1. The molecule has 0 spiro atoms. The Hall–Kier alpha value is -2.86. The lowest BCUT2D eigenvalue weighted by Gasteiger charge is -2.28.